The summed E-state index contributed by atoms with van der Waals surface area (Å²) in [5, 5.41) is 9.50. The van der Waals surface area contributed by atoms with E-state index in [2.05, 4.69) is 36.1 Å². The van der Waals surface area contributed by atoms with Crippen LogP contribution in [-0.4, -0.2) is 48.7 Å². The molecule has 0 radical (unpaired) electrons. The summed E-state index contributed by atoms with van der Waals surface area (Å²) in [5.41, 5.74) is 1.72. The Balaban J connectivity index is 2.12. The predicted molar refractivity (Wildman–Crippen MR) is 76.7 cm³/mol. The number of anilines is 1. The third kappa shape index (κ3) is 2.59. The second kappa shape index (κ2) is 5.21. The van der Waals surface area contributed by atoms with Crippen LogP contribution in [0.25, 0.3) is 0 Å². The number of carboxylic acid groups (broad SMARTS) is 1. The van der Waals surface area contributed by atoms with Gasteiger partial charge < -0.3 is 10.0 Å². The Morgan fingerprint density at radius 1 is 1.32 bits per heavy atom. The van der Waals surface area contributed by atoms with Gasteiger partial charge in [0.05, 0.1) is 0 Å². The molecule has 0 unspecified atom stereocenters. The van der Waals surface area contributed by atoms with E-state index in [4.69, 9.17) is 0 Å². The first kappa shape index (κ1) is 13.9. The molecule has 0 aliphatic carbocycles. The van der Waals surface area contributed by atoms with Crippen molar-refractivity contribution in [2.24, 2.45) is 0 Å². The van der Waals surface area contributed by atoms with E-state index in [0.717, 1.165) is 13.1 Å². The highest BCUT2D eigenvalue weighted by Gasteiger charge is 2.43. The van der Waals surface area contributed by atoms with E-state index in [1.54, 1.807) is 0 Å². The van der Waals surface area contributed by atoms with Crippen LogP contribution in [-0.2, 0) is 4.79 Å². The van der Waals surface area contributed by atoms with Gasteiger partial charge in [0.15, 0.2) is 0 Å². The summed E-state index contributed by atoms with van der Waals surface area (Å²) < 4.78 is 0. The lowest BCUT2D eigenvalue weighted by Gasteiger charge is -2.43. The number of rotatable bonds is 3. The van der Waals surface area contributed by atoms with Crippen molar-refractivity contribution in [3.05, 3.63) is 29.8 Å². The SMILES string of the molecule is Cc1cccc(N2CCC(C(=O)O)(N(C)C)CC2)c1. The first-order chi connectivity index (χ1) is 8.95. The van der Waals surface area contributed by atoms with E-state index in [9.17, 15) is 9.90 Å². The van der Waals surface area contributed by atoms with Crippen molar-refractivity contribution >= 4 is 11.7 Å². The van der Waals surface area contributed by atoms with Crippen LogP contribution in [0.5, 0.6) is 0 Å². The monoisotopic (exact) mass is 262 g/mol. The Bertz CT molecular complexity index is 463. The normalized spacial score (nSPS) is 18.6. The average Bonchev–Trinajstić information content (AvgIpc) is 2.38. The van der Waals surface area contributed by atoms with E-state index in [-0.39, 0.29) is 0 Å². The van der Waals surface area contributed by atoms with Gasteiger partial charge in [0, 0.05) is 18.8 Å². The van der Waals surface area contributed by atoms with Crippen LogP contribution >= 0.6 is 0 Å². The molecule has 2 rings (SSSR count). The Kier molecular flexibility index (Phi) is 3.80. The van der Waals surface area contributed by atoms with Crippen LogP contribution in [0, 0.1) is 6.92 Å². The maximum Gasteiger partial charge on any atom is 0.324 e. The van der Waals surface area contributed by atoms with Crippen molar-refractivity contribution < 1.29 is 9.90 Å². The summed E-state index contributed by atoms with van der Waals surface area (Å²) in [7, 11) is 3.72. The van der Waals surface area contributed by atoms with Gasteiger partial charge in [0.25, 0.3) is 0 Å². The molecule has 104 valence electrons. The van der Waals surface area contributed by atoms with E-state index in [0.29, 0.717) is 12.8 Å². The zero-order valence-corrected chi connectivity index (χ0v) is 11.9. The van der Waals surface area contributed by atoms with E-state index >= 15 is 0 Å². The quantitative estimate of drug-likeness (QED) is 0.904. The molecule has 4 heteroatoms. The largest absolute Gasteiger partial charge is 0.480 e. The van der Waals surface area contributed by atoms with Crippen molar-refractivity contribution in [1.82, 2.24) is 4.90 Å². The number of hydrogen-bond acceptors (Lipinski definition) is 3. The first-order valence-electron chi connectivity index (χ1n) is 6.68. The van der Waals surface area contributed by atoms with Gasteiger partial charge in [-0.15, -0.1) is 0 Å². The molecule has 1 heterocycles. The van der Waals surface area contributed by atoms with Crippen LogP contribution in [0.15, 0.2) is 24.3 Å². The molecule has 0 amide bonds. The molecule has 1 aromatic rings. The molecule has 1 aromatic carbocycles. The molecular weight excluding hydrogens is 240 g/mol. The van der Waals surface area contributed by atoms with Gasteiger partial charge in [-0.3, -0.25) is 9.69 Å². The van der Waals surface area contributed by atoms with Gasteiger partial charge in [0.2, 0.25) is 0 Å². The van der Waals surface area contributed by atoms with E-state index < -0.39 is 11.5 Å². The molecule has 4 nitrogen and oxygen atoms in total. The minimum atomic E-state index is -0.708. The predicted octanol–water partition coefficient (Wildman–Crippen LogP) is 1.98. The summed E-state index contributed by atoms with van der Waals surface area (Å²) >= 11 is 0. The van der Waals surface area contributed by atoms with E-state index in [1.807, 2.05) is 19.0 Å². The Morgan fingerprint density at radius 2 is 1.95 bits per heavy atom. The second-order valence-corrected chi connectivity index (χ2v) is 5.56. The fourth-order valence-electron chi connectivity index (χ4n) is 2.81. The number of benzene rings is 1. The maximum absolute atomic E-state index is 11.6. The number of carbonyl (C=O) groups is 1. The van der Waals surface area contributed by atoms with Crippen molar-refractivity contribution in [2.45, 2.75) is 25.3 Å². The van der Waals surface area contributed by atoms with Crippen LogP contribution in [0.2, 0.25) is 0 Å². The Hall–Kier alpha value is -1.55. The van der Waals surface area contributed by atoms with Gasteiger partial charge in [0.1, 0.15) is 5.54 Å². The summed E-state index contributed by atoms with van der Waals surface area (Å²) in [6.07, 6.45) is 1.31. The van der Waals surface area contributed by atoms with Gasteiger partial charge in [-0.05, 0) is 51.6 Å². The molecule has 0 spiro atoms. The molecule has 1 N–H and O–H groups in total. The molecule has 0 bridgehead atoms. The summed E-state index contributed by atoms with van der Waals surface area (Å²) in [6.45, 7) is 3.65. The number of piperidine rings is 1. The standard InChI is InChI=1S/C15H22N2O2/c1-12-5-4-6-13(11-12)17-9-7-15(8-10-17,14(18)19)16(2)3/h4-6,11H,7-10H2,1-3H3,(H,18,19). The minimum absolute atomic E-state index is 0.656. The summed E-state index contributed by atoms with van der Waals surface area (Å²) in [6, 6.07) is 8.38. The van der Waals surface area contributed by atoms with Crippen molar-refractivity contribution in [3.8, 4) is 0 Å². The van der Waals surface area contributed by atoms with Crippen LogP contribution < -0.4 is 4.90 Å². The Labute approximate surface area is 114 Å². The van der Waals surface area contributed by atoms with Crippen molar-refractivity contribution in [2.75, 3.05) is 32.1 Å². The third-order valence-corrected chi connectivity index (χ3v) is 4.21. The number of nitrogens with zero attached hydrogens (tertiary/aromatic N) is 2. The molecular formula is C15H22N2O2. The number of aliphatic carboxylic acids is 1. The minimum Gasteiger partial charge on any atom is -0.480 e. The highest BCUT2D eigenvalue weighted by molar-refractivity contribution is 5.79. The molecule has 1 saturated heterocycles. The molecule has 1 fully saturated rings. The summed E-state index contributed by atoms with van der Waals surface area (Å²) in [5.74, 6) is -0.707. The number of carboxylic acids is 1. The van der Waals surface area contributed by atoms with Gasteiger partial charge in [-0.2, -0.15) is 0 Å². The second-order valence-electron chi connectivity index (χ2n) is 5.56. The van der Waals surface area contributed by atoms with Gasteiger partial charge >= 0.3 is 5.97 Å². The number of likely N-dealkylation sites (N-methyl/N-ethyl adjacent to an activating group) is 1. The van der Waals surface area contributed by atoms with Crippen LogP contribution in [0.3, 0.4) is 0 Å². The highest BCUT2D eigenvalue weighted by Crippen LogP contribution is 2.30. The zero-order valence-electron chi connectivity index (χ0n) is 11.9. The van der Waals surface area contributed by atoms with Gasteiger partial charge in [-0.1, -0.05) is 12.1 Å². The third-order valence-electron chi connectivity index (χ3n) is 4.21. The molecule has 0 aromatic heterocycles. The van der Waals surface area contributed by atoms with E-state index in [1.165, 1.54) is 11.3 Å². The number of hydrogen-bond donors (Lipinski definition) is 1. The molecule has 0 saturated carbocycles. The summed E-state index contributed by atoms with van der Waals surface area (Å²) in [4.78, 5) is 15.7. The fraction of sp³-hybridized carbons (Fsp3) is 0.533. The van der Waals surface area contributed by atoms with Crippen LogP contribution in [0.1, 0.15) is 18.4 Å². The molecule has 19 heavy (non-hydrogen) atoms. The molecule has 1 aliphatic rings. The first-order valence-corrected chi connectivity index (χ1v) is 6.68. The molecule has 1 aliphatic heterocycles. The Morgan fingerprint density at radius 3 is 2.42 bits per heavy atom. The maximum atomic E-state index is 11.6. The lowest BCUT2D eigenvalue weighted by Crippen LogP contribution is -2.57. The highest BCUT2D eigenvalue weighted by atomic mass is 16.4. The molecule has 0 atom stereocenters. The van der Waals surface area contributed by atoms with Crippen LogP contribution in [0.4, 0.5) is 5.69 Å². The van der Waals surface area contributed by atoms with Crippen molar-refractivity contribution in [1.29, 1.82) is 0 Å². The fourth-order valence-corrected chi connectivity index (χ4v) is 2.81. The lowest BCUT2D eigenvalue weighted by molar-refractivity contribution is -0.151. The topological polar surface area (TPSA) is 43.8 Å². The average molecular weight is 262 g/mol. The zero-order chi connectivity index (χ0) is 14.0. The number of aryl methyl sites for hydroxylation is 1. The smallest absolute Gasteiger partial charge is 0.324 e. The van der Waals surface area contributed by atoms with Crippen molar-refractivity contribution in [3.63, 3.8) is 0 Å². The van der Waals surface area contributed by atoms with Gasteiger partial charge in [-0.25, -0.2) is 0 Å². The lowest BCUT2D eigenvalue weighted by atomic mass is 9.86.